The molecular weight excluding hydrogens is 462 g/mol. The largest absolute Gasteiger partial charge is 0.438 e. The van der Waals surface area contributed by atoms with E-state index in [0.717, 1.165) is 11.6 Å². The number of ether oxygens (including phenoxy) is 1. The van der Waals surface area contributed by atoms with E-state index in [0.29, 0.717) is 11.4 Å². The molecule has 0 N–H and O–H groups in total. The van der Waals surface area contributed by atoms with Crippen molar-refractivity contribution in [2.75, 3.05) is 0 Å². The number of allylic oxidation sites excluding steroid dienone is 1. The Morgan fingerprint density at radius 3 is 2.29 bits per heavy atom. The fourth-order valence-electron chi connectivity index (χ4n) is 3.45. The fourth-order valence-corrected chi connectivity index (χ4v) is 4.61. The lowest BCUT2D eigenvalue weighted by atomic mass is 9.87. The van der Waals surface area contributed by atoms with Gasteiger partial charge in [0.1, 0.15) is 27.9 Å². The van der Waals surface area contributed by atoms with Gasteiger partial charge in [-0.25, -0.2) is 8.42 Å². The standard InChI is InChI=1S/C27H23N3O4S/c1-27(2,3)19-12-14-20(15-13-19)34-25-23(26(31)30-16-8-7-11-24(30)29-25)17-22(18-28)35(32,33)21-9-5-4-6-10-21/h4-17H,1-3H3/b22-17+. The molecular formula is C27H23N3O4S. The average molecular weight is 486 g/mol. The minimum absolute atomic E-state index is 0.0538. The van der Waals surface area contributed by atoms with Crippen molar-refractivity contribution in [1.82, 2.24) is 9.38 Å². The van der Waals surface area contributed by atoms with Crippen molar-refractivity contribution in [3.05, 3.63) is 105 Å². The number of sulfone groups is 1. The molecule has 2 aromatic heterocycles. The maximum atomic E-state index is 13.3. The van der Waals surface area contributed by atoms with E-state index in [1.807, 2.05) is 12.1 Å². The molecule has 4 aromatic rings. The van der Waals surface area contributed by atoms with Crippen LogP contribution in [0.25, 0.3) is 11.7 Å². The number of benzene rings is 2. The molecule has 4 rings (SSSR count). The SMILES string of the molecule is CC(C)(C)c1ccc(Oc2nc3ccccn3c(=O)c2/C=C(\C#N)S(=O)(=O)c2ccccc2)cc1. The zero-order chi connectivity index (χ0) is 25.2. The van der Waals surface area contributed by atoms with Crippen LogP contribution >= 0.6 is 0 Å². The first kappa shape index (κ1) is 23.9. The second-order valence-corrected chi connectivity index (χ2v) is 10.8. The van der Waals surface area contributed by atoms with Gasteiger partial charge in [-0.3, -0.25) is 9.20 Å². The van der Waals surface area contributed by atoms with Gasteiger partial charge in [0.2, 0.25) is 15.7 Å². The van der Waals surface area contributed by atoms with Crippen LogP contribution in [0.4, 0.5) is 0 Å². The highest BCUT2D eigenvalue weighted by Crippen LogP contribution is 2.29. The van der Waals surface area contributed by atoms with Crippen LogP contribution in [-0.2, 0) is 15.3 Å². The summed E-state index contributed by atoms with van der Waals surface area (Å²) in [6.07, 6.45) is 2.54. The molecule has 2 heterocycles. The first-order valence-electron chi connectivity index (χ1n) is 10.8. The van der Waals surface area contributed by atoms with Gasteiger partial charge in [0, 0.05) is 6.20 Å². The first-order chi connectivity index (χ1) is 16.6. The number of hydrogen-bond donors (Lipinski definition) is 0. The van der Waals surface area contributed by atoms with Gasteiger partial charge in [-0.05, 0) is 53.5 Å². The predicted molar refractivity (Wildman–Crippen MR) is 134 cm³/mol. The Morgan fingerprint density at radius 1 is 1.00 bits per heavy atom. The number of nitriles is 1. The number of fused-ring (bicyclic) bond motifs is 1. The van der Waals surface area contributed by atoms with Crippen LogP contribution in [0.5, 0.6) is 11.6 Å². The number of hydrogen-bond acceptors (Lipinski definition) is 6. The summed E-state index contributed by atoms with van der Waals surface area (Å²) in [5.74, 6) is 0.324. The van der Waals surface area contributed by atoms with Crippen molar-refractivity contribution in [3.63, 3.8) is 0 Å². The summed E-state index contributed by atoms with van der Waals surface area (Å²) in [6.45, 7) is 6.27. The van der Waals surface area contributed by atoms with Gasteiger partial charge in [-0.1, -0.05) is 57.2 Å². The topological polar surface area (TPSA) is 102 Å². The number of aromatic nitrogens is 2. The van der Waals surface area contributed by atoms with Gasteiger partial charge >= 0.3 is 0 Å². The Bertz CT molecular complexity index is 1620. The van der Waals surface area contributed by atoms with E-state index in [-0.39, 0.29) is 21.8 Å². The molecule has 7 nitrogen and oxygen atoms in total. The van der Waals surface area contributed by atoms with Crippen molar-refractivity contribution in [2.45, 2.75) is 31.1 Å². The summed E-state index contributed by atoms with van der Waals surface area (Å²) in [6, 6.07) is 21.7. The van der Waals surface area contributed by atoms with Crippen LogP contribution in [0.2, 0.25) is 0 Å². The van der Waals surface area contributed by atoms with Gasteiger partial charge in [0.15, 0.2) is 0 Å². The molecule has 0 aliphatic heterocycles. The van der Waals surface area contributed by atoms with Crippen LogP contribution in [-0.4, -0.2) is 17.8 Å². The molecule has 0 unspecified atom stereocenters. The highest BCUT2D eigenvalue weighted by atomic mass is 32.2. The predicted octanol–water partition coefficient (Wildman–Crippen LogP) is 5.12. The quantitative estimate of drug-likeness (QED) is 0.364. The van der Waals surface area contributed by atoms with Crippen LogP contribution in [0, 0.1) is 11.3 Å². The molecule has 0 saturated carbocycles. The lowest BCUT2D eigenvalue weighted by Gasteiger charge is -2.19. The normalized spacial score (nSPS) is 12.3. The molecule has 0 bridgehead atoms. The van der Waals surface area contributed by atoms with Crippen LogP contribution in [0.15, 0.2) is 93.6 Å². The van der Waals surface area contributed by atoms with Gasteiger partial charge in [0.05, 0.1) is 4.90 Å². The smallest absolute Gasteiger partial charge is 0.269 e. The summed E-state index contributed by atoms with van der Waals surface area (Å²) < 4.78 is 33.4. The number of pyridine rings is 1. The zero-order valence-corrected chi connectivity index (χ0v) is 20.3. The highest BCUT2D eigenvalue weighted by molar-refractivity contribution is 7.95. The molecule has 0 aliphatic rings. The van der Waals surface area contributed by atoms with Crippen LogP contribution < -0.4 is 10.3 Å². The Hall–Kier alpha value is -4.22. The van der Waals surface area contributed by atoms with Crippen molar-refractivity contribution in [3.8, 4) is 17.7 Å². The van der Waals surface area contributed by atoms with E-state index in [1.54, 1.807) is 54.6 Å². The second kappa shape index (κ2) is 9.20. The molecule has 0 radical (unpaired) electrons. The van der Waals surface area contributed by atoms with E-state index in [9.17, 15) is 18.5 Å². The summed E-state index contributed by atoms with van der Waals surface area (Å²) in [5.41, 5.74) is 0.648. The monoisotopic (exact) mass is 485 g/mol. The molecule has 0 spiro atoms. The third-order valence-electron chi connectivity index (χ3n) is 5.40. The summed E-state index contributed by atoms with van der Waals surface area (Å²) in [5, 5.41) is 9.71. The Balaban J connectivity index is 1.88. The van der Waals surface area contributed by atoms with E-state index < -0.39 is 20.3 Å². The van der Waals surface area contributed by atoms with E-state index in [1.165, 1.54) is 22.7 Å². The molecule has 176 valence electrons. The number of nitrogens with zero attached hydrogens (tertiary/aromatic N) is 3. The van der Waals surface area contributed by atoms with Crippen molar-refractivity contribution in [2.24, 2.45) is 0 Å². The Kier molecular flexibility index (Phi) is 6.29. The van der Waals surface area contributed by atoms with Gasteiger partial charge in [0.25, 0.3) is 5.56 Å². The third kappa shape index (κ3) is 4.86. The van der Waals surface area contributed by atoms with Gasteiger partial charge in [-0.15, -0.1) is 0 Å². The first-order valence-corrected chi connectivity index (χ1v) is 12.3. The lowest BCUT2D eigenvalue weighted by Crippen LogP contribution is -2.19. The molecule has 0 aliphatic carbocycles. The molecule has 2 aromatic carbocycles. The van der Waals surface area contributed by atoms with Crippen LogP contribution in [0.3, 0.4) is 0 Å². The summed E-state index contributed by atoms with van der Waals surface area (Å²) in [7, 11) is -4.16. The second-order valence-electron chi connectivity index (χ2n) is 8.88. The number of rotatable bonds is 5. The maximum absolute atomic E-state index is 13.3. The van der Waals surface area contributed by atoms with Gasteiger partial charge < -0.3 is 4.74 Å². The van der Waals surface area contributed by atoms with E-state index in [2.05, 4.69) is 25.8 Å². The lowest BCUT2D eigenvalue weighted by molar-refractivity contribution is 0.460. The van der Waals surface area contributed by atoms with Crippen molar-refractivity contribution in [1.29, 1.82) is 5.26 Å². The Morgan fingerprint density at radius 2 is 1.66 bits per heavy atom. The zero-order valence-electron chi connectivity index (χ0n) is 19.5. The highest BCUT2D eigenvalue weighted by Gasteiger charge is 2.23. The van der Waals surface area contributed by atoms with Crippen molar-refractivity contribution < 1.29 is 13.2 Å². The summed E-state index contributed by atoms with van der Waals surface area (Å²) >= 11 is 0. The minimum atomic E-state index is -4.16. The van der Waals surface area contributed by atoms with E-state index >= 15 is 0 Å². The van der Waals surface area contributed by atoms with Crippen molar-refractivity contribution >= 4 is 21.6 Å². The molecule has 8 heteroatoms. The van der Waals surface area contributed by atoms with E-state index in [4.69, 9.17) is 4.74 Å². The summed E-state index contributed by atoms with van der Waals surface area (Å²) in [4.78, 5) is 17.1. The Labute approximate surface area is 203 Å². The third-order valence-corrected chi connectivity index (χ3v) is 7.08. The maximum Gasteiger partial charge on any atom is 0.269 e. The molecule has 0 atom stereocenters. The van der Waals surface area contributed by atoms with Crippen LogP contribution in [0.1, 0.15) is 31.9 Å². The molecule has 0 saturated heterocycles. The average Bonchev–Trinajstić information content (AvgIpc) is 2.84. The van der Waals surface area contributed by atoms with Gasteiger partial charge in [-0.2, -0.15) is 10.2 Å². The minimum Gasteiger partial charge on any atom is -0.438 e. The fraction of sp³-hybridized carbons (Fsp3) is 0.148. The molecule has 0 fully saturated rings. The molecule has 35 heavy (non-hydrogen) atoms. The molecule has 0 amide bonds.